The molecule has 3 rings (SSSR count). The number of hydrogen-bond donors (Lipinski definition) is 0. The van der Waals surface area contributed by atoms with Crippen molar-refractivity contribution in [2.75, 3.05) is 34.2 Å². The molecule has 10 nitrogen and oxygen atoms in total. The normalized spacial score (nSPS) is 11.9. The van der Waals surface area contributed by atoms with Crippen LogP contribution in [0.3, 0.4) is 0 Å². The average Bonchev–Trinajstić information content (AvgIpc) is 3.18. The molecule has 35 heavy (non-hydrogen) atoms. The first-order valence-electron chi connectivity index (χ1n) is 10.5. The lowest BCUT2D eigenvalue weighted by molar-refractivity contribution is -0.141. The second-order valence-electron chi connectivity index (χ2n) is 7.33. The van der Waals surface area contributed by atoms with Gasteiger partial charge in [-0.3, -0.25) is 9.59 Å². The topological polar surface area (TPSA) is 122 Å². The van der Waals surface area contributed by atoms with Crippen LogP contribution in [0.2, 0.25) is 0 Å². The van der Waals surface area contributed by atoms with Gasteiger partial charge in [0.15, 0.2) is 26.1 Å². The molecule has 0 saturated carbocycles. The van der Waals surface area contributed by atoms with Crippen LogP contribution in [0.15, 0.2) is 46.3 Å². The Balaban J connectivity index is 1.83. The number of fused-ring (bicyclic) bond motifs is 1. The SMILES string of the molecule is COC(=O)Cn1c(=NC(=O)CCCS(=O)(=O)c2ccc(OC)cc2)sc2cc(OC)c(OC)cc21. The van der Waals surface area contributed by atoms with Gasteiger partial charge in [-0.25, -0.2) is 8.42 Å². The summed E-state index contributed by atoms with van der Waals surface area (Å²) in [6.45, 7) is -0.163. The van der Waals surface area contributed by atoms with Crippen molar-refractivity contribution in [1.82, 2.24) is 4.57 Å². The number of ether oxygens (including phenoxy) is 4. The number of carbonyl (C=O) groups is 2. The molecule has 0 unspecified atom stereocenters. The van der Waals surface area contributed by atoms with Gasteiger partial charge in [-0.2, -0.15) is 4.99 Å². The number of esters is 1. The summed E-state index contributed by atoms with van der Waals surface area (Å²) < 4.78 is 47.9. The predicted octanol–water partition coefficient (Wildman–Crippen LogP) is 2.58. The minimum absolute atomic E-state index is 0.0749. The molecule has 0 N–H and O–H groups in total. The summed E-state index contributed by atoms with van der Waals surface area (Å²) in [5.74, 6) is 0.282. The van der Waals surface area contributed by atoms with E-state index >= 15 is 0 Å². The maximum Gasteiger partial charge on any atom is 0.325 e. The second kappa shape index (κ2) is 11.4. The fraction of sp³-hybridized carbons (Fsp3) is 0.348. The van der Waals surface area contributed by atoms with Crippen molar-refractivity contribution in [2.24, 2.45) is 4.99 Å². The maximum absolute atomic E-state index is 12.6. The van der Waals surface area contributed by atoms with E-state index in [1.165, 1.54) is 51.9 Å². The Kier molecular flexibility index (Phi) is 8.52. The molecular weight excluding hydrogens is 496 g/mol. The monoisotopic (exact) mass is 522 g/mol. The number of carbonyl (C=O) groups excluding carboxylic acids is 2. The summed E-state index contributed by atoms with van der Waals surface area (Å²) in [6.07, 6.45) is 0.0226. The van der Waals surface area contributed by atoms with Crippen molar-refractivity contribution in [3.05, 3.63) is 41.2 Å². The Hall–Kier alpha value is -3.38. The van der Waals surface area contributed by atoms with Crippen LogP contribution in [0, 0.1) is 0 Å². The van der Waals surface area contributed by atoms with Crippen LogP contribution in [0.1, 0.15) is 12.8 Å². The van der Waals surface area contributed by atoms with Crippen molar-refractivity contribution in [1.29, 1.82) is 0 Å². The molecule has 3 aromatic rings. The van der Waals surface area contributed by atoms with E-state index in [0.717, 1.165) is 4.70 Å². The van der Waals surface area contributed by atoms with Crippen LogP contribution in [0.25, 0.3) is 10.2 Å². The van der Waals surface area contributed by atoms with E-state index in [-0.39, 0.29) is 34.8 Å². The number of aromatic nitrogens is 1. The largest absolute Gasteiger partial charge is 0.497 e. The van der Waals surface area contributed by atoms with Crippen LogP contribution in [-0.4, -0.2) is 59.1 Å². The van der Waals surface area contributed by atoms with Gasteiger partial charge in [-0.05, 0) is 30.7 Å². The van der Waals surface area contributed by atoms with Crippen molar-refractivity contribution < 1.29 is 37.0 Å². The first kappa shape index (κ1) is 26.2. The minimum Gasteiger partial charge on any atom is -0.497 e. The van der Waals surface area contributed by atoms with E-state index < -0.39 is 21.7 Å². The molecule has 1 heterocycles. The Morgan fingerprint density at radius 1 is 0.971 bits per heavy atom. The molecule has 0 bridgehead atoms. The quantitative estimate of drug-likeness (QED) is 0.373. The van der Waals surface area contributed by atoms with Crippen LogP contribution < -0.4 is 19.0 Å². The van der Waals surface area contributed by atoms with Gasteiger partial charge in [0, 0.05) is 18.6 Å². The van der Waals surface area contributed by atoms with Crippen molar-refractivity contribution >= 4 is 43.3 Å². The van der Waals surface area contributed by atoms with Crippen LogP contribution in [0.5, 0.6) is 17.2 Å². The minimum atomic E-state index is -3.56. The molecular formula is C23H26N2O8S2. The van der Waals surface area contributed by atoms with Gasteiger partial charge in [-0.15, -0.1) is 0 Å². The van der Waals surface area contributed by atoms with Gasteiger partial charge in [0.05, 0.1) is 49.3 Å². The summed E-state index contributed by atoms with van der Waals surface area (Å²) in [7, 11) is 2.21. The molecule has 0 aliphatic rings. The molecule has 0 spiro atoms. The Bertz CT molecular complexity index is 1390. The number of thiazole rings is 1. The molecule has 1 amide bonds. The van der Waals surface area contributed by atoms with Crippen molar-refractivity contribution in [3.63, 3.8) is 0 Å². The van der Waals surface area contributed by atoms with Crippen LogP contribution in [0.4, 0.5) is 0 Å². The lowest BCUT2D eigenvalue weighted by Crippen LogP contribution is -2.22. The molecule has 0 aliphatic heterocycles. The van der Waals surface area contributed by atoms with Gasteiger partial charge in [-0.1, -0.05) is 11.3 Å². The highest BCUT2D eigenvalue weighted by atomic mass is 32.2. The third kappa shape index (κ3) is 6.20. The summed E-state index contributed by atoms with van der Waals surface area (Å²) >= 11 is 1.19. The van der Waals surface area contributed by atoms with Gasteiger partial charge >= 0.3 is 5.97 Å². The lowest BCUT2D eigenvalue weighted by Gasteiger charge is -2.09. The fourth-order valence-corrected chi connectivity index (χ4v) is 5.67. The molecule has 0 atom stereocenters. The zero-order chi connectivity index (χ0) is 25.6. The van der Waals surface area contributed by atoms with Gasteiger partial charge in [0.1, 0.15) is 12.3 Å². The van der Waals surface area contributed by atoms with Crippen LogP contribution in [-0.2, 0) is 30.7 Å². The van der Waals surface area contributed by atoms with E-state index in [4.69, 9.17) is 18.9 Å². The van der Waals surface area contributed by atoms with Gasteiger partial charge in [0.25, 0.3) is 0 Å². The number of hydrogen-bond acceptors (Lipinski definition) is 9. The fourth-order valence-electron chi connectivity index (χ4n) is 3.31. The summed E-state index contributed by atoms with van der Waals surface area (Å²) in [5, 5.41) is 0. The first-order valence-corrected chi connectivity index (χ1v) is 13.0. The van der Waals surface area contributed by atoms with Gasteiger partial charge in [0.2, 0.25) is 5.91 Å². The average molecular weight is 523 g/mol. The molecule has 0 fully saturated rings. The zero-order valence-corrected chi connectivity index (χ0v) is 21.4. The summed E-state index contributed by atoms with van der Waals surface area (Å²) in [5.41, 5.74) is 0.617. The summed E-state index contributed by atoms with van der Waals surface area (Å²) in [4.78, 5) is 29.2. The predicted molar refractivity (Wildman–Crippen MR) is 130 cm³/mol. The number of nitrogens with zero attached hydrogens (tertiary/aromatic N) is 2. The number of methoxy groups -OCH3 is 4. The number of rotatable bonds is 10. The van der Waals surface area contributed by atoms with E-state index in [1.807, 2.05) is 0 Å². The van der Waals surface area contributed by atoms with E-state index in [0.29, 0.717) is 22.8 Å². The van der Waals surface area contributed by atoms with E-state index in [9.17, 15) is 18.0 Å². The Labute approximate surface area is 206 Å². The molecule has 12 heteroatoms. The third-order valence-electron chi connectivity index (χ3n) is 5.15. The third-order valence-corrected chi connectivity index (χ3v) is 8.00. The lowest BCUT2D eigenvalue weighted by atomic mass is 10.3. The zero-order valence-electron chi connectivity index (χ0n) is 19.8. The van der Waals surface area contributed by atoms with E-state index in [1.54, 1.807) is 28.8 Å². The number of amides is 1. The summed E-state index contributed by atoms with van der Waals surface area (Å²) in [6, 6.07) is 9.50. The van der Waals surface area contributed by atoms with Crippen molar-refractivity contribution in [3.8, 4) is 17.2 Å². The van der Waals surface area contributed by atoms with Crippen molar-refractivity contribution in [2.45, 2.75) is 24.3 Å². The number of sulfone groups is 1. The molecule has 188 valence electrons. The highest BCUT2D eigenvalue weighted by Crippen LogP contribution is 2.33. The highest BCUT2D eigenvalue weighted by Gasteiger charge is 2.17. The molecule has 0 radical (unpaired) electrons. The van der Waals surface area contributed by atoms with Crippen LogP contribution >= 0.6 is 11.3 Å². The molecule has 0 aliphatic carbocycles. The second-order valence-corrected chi connectivity index (χ2v) is 10.4. The molecule has 1 aromatic heterocycles. The van der Waals surface area contributed by atoms with E-state index in [2.05, 4.69) is 4.99 Å². The number of benzene rings is 2. The molecule has 0 saturated heterocycles. The van der Waals surface area contributed by atoms with Gasteiger partial charge < -0.3 is 23.5 Å². The maximum atomic E-state index is 12.6. The molecule has 2 aromatic carbocycles. The Morgan fingerprint density at radius 2 is 1.63 bits per heavy atom. The first-order chi connectivity index (χ1) is 16.7. The smallest absolute Gasteiger partial charge is 0.325 e. The highest BCUT2D eigenvalue weighted by molar-refractivity contribution is 7.91. The Morgan fingerprint density at radius 3 is 2.23 bits per heavy atom. The standard InChI is InChI=1S/C23H26N2O8S2/c1-30-15-7-9-16(10-8-15)35(28,29)11-5-6-21(26)24-23-25(14-22(27)33-4)17-12-18(31-2)19(32-3)13-20(17)34-23/h7-10,12-13H,5-6,11,14H2,1-4H3.